The maximum Gasteiger partial charge on any atom is 0.261 e. The van der Waals surface area contributed by atoms with Gasteiger partial charge >= 0.3 is 0 Å². The molecular weight excluding hydrogens is 452 g/mol. The van der Waals surface area contributed by atoms with E-state index in [0.29, 0.717) is 52.2 Å². The second-order valence-corrected chi connectivity index (χ2v) is 8.36. The largest absolute Gasteiger partial charge is 0.472 e. The summed E-state index contributed by atoms with van der Waals surface area (Å²) in [5.41, 5.74) is 2.99. The van der Waals surface area contributed by atoms with E-state index in [1.54, 1.807) is 36.5 Å². The molecule has 0 atom stereocenters. The molecule has 4 aromatic rings. The van der Waals surface area contributed by atoms with Crippen LogP contribution in [-0.2, 0) is 13.0 Å². The van der Waals surface area contributed by atoms with Gasteiger partial charge in [-0.25, -0.2) is 4.98 Å². The maximum absolute atomic E-state index is 12.6. The van der Waals surface area contributed by atoms with E-state index >= 15 is 0 Å². The first-order chi connectivity index (χ1) is 16.6. The van der Waals surface area contributed by atoms with Crippen LogP contribution in [0, 0.1) is 0 Å². The highest BCUT2D eigenvalue weighted by molar-refractivity contribution is 7.98. The number of hydrogen-bond acceptors (Lipinski definition) is 8. The van der Waals surface area contributed by atoms with Crippen LogP contribution in [0.4, 0.5) is 0 Å². The number of rotatable bonds is 8. The highest BCUT2D eigenvalue weighted by Gasteiger charge is 2.34. The number of carbonyl (C=O) groups is 2. The van der Waals surface area contributed by atoms with Gasteiger partial charge < -0.3 is 9.26 Å². The lowest BCUT2D eigenvalue weighted by Crippen LogP contribution is -2.31. The van der Waals surface area contributed by atoms with Gasteiger partial charge in [-0.15, -0.1) is 0 Å². The maximum atomic E-state index is 12.6. The zero-order chi connectivity index (χ0) is 23.5. The highest BCUT2D eigenvalue weighted by atomic mass is 32.2. The minimum atomic E-state index is -0.294. The van der Waals surface area contributed by atoms with E-state index < -0.39 is 0 Å². The summed E-state index contributed by atoms with van der Waals surface area (Å²) < 4.78 is 11.5. The number of ether oxygens (including phenoxy) is 1. The molecule has 1 aliphatic heterocycles. The molecule has 8 nitrogen and oxygen atoms in total. The molecule has 0 aliphatic carbocycles. The van der Waals surface area contributed by atoms with Crippen molar-refractivity contribution < 1.29 is 18.8 Å². The molecule has 3 heterocycles. The van der Waals surface area contributed by atoms with Crippen molar-refractivity contribution in [2.75, 3.05) is 12.8 Å². The van der Waals surface area contributed by atoms with Gasteiger partial charge in [0.25, 0.3) is 11.8 Å². The Morgan fingerprint density at radius 1 is 0.971 bits per heavy atom. The summed E-state index contributed by atoms with van der Waals surface area (Å²) in [4.78, 5) is 35.2. The van der Waals surface area contributed by atoms with E-state index in [4.69, 9.17) is 9.26 Å². The molecule has 2 aromatic carbocycles. The van der Waals surface area contributed by atoms with Crippen molar-refractivity contribution >= 4 is 23.6 Å². The van der Waals surface area contributed by atoms with Gasteiger partial charge in [0.2, 0.25) is 5.88 Å². The van der Waals surface area contributed by atoms with Crippen LogP contribution in [0.25, 0.3) is 11.3 Å². The number of imide groups is 1. The molecule has 0 saturated heterocycles. The summed E-state index contributed by atoms with van der Waals surface area (Å²) in [6.07, 6.45) is 3.89. The smallest absolute Gasteiger partial charge is 0.261 e. The average Bonchev–Trinajstić information content (AvgIpc) is 3.45. The van der Waals surface area contributed by atoms with E-state index in [1.807, 2.05) is 36.6 Å². The highest BCUT2D eigenvalue weighted by Crippen LogP contribution is 2.30. The van der Waals surface area contributed by atoms with Gasteiger partial charge in [0.05, 0.1) is 16.7 Å². The van der Waals surface area contributed by atoms with Crippen molar-refractivity contribution in [3.63, 3.8) is 0 Å². The van der Waals surface area contributed by atoms with Gasteiger partial charge in [0.1, 0.15) is 18.1 Å². The SMILES string of the molecule is CSc1ncc(-c2cc(CCN3C(=O)c4ccccc4C3=O)on2)c(OCc2ccccc2)n1. The van der Waals surface area contributed by atoms with Gasteiger partial charge in [-0.2, -0.15) is 4.98 Å². The first kappa shape index (κ1) is 21.8. The number of aromatic nitrogens is 3. The number of nitrogens with zero attached hydrogens (tertiary/aromatic N) is 4. The van der Waals surface area contributed by atoms with Crippen LogP contribution in [0.15, 0.2) is 76.5 Å². The first-order valence-electron chi connectivity index (χ1n) is 10.6. The third-order valence-corrected chi connectivity index (χ3v) is 5.99. The fraction of sp³-hybridized carbons (Fsp3) is 0.160. The molecule has 0 fully saturated rings. The fourth-order valence-corrected chi connectivity index (χ4v) is 4.02. The lowest BCUT2D eigenvalue weighted by molar-refractivity contribution is 0.0654. The standard InChI is InChI=1S/C25H20N4O4S/c1-34-25-26-14-20(22(27-25)32-15-16-7-3-2-4-8-16)21-13-17(33-28-21)11-12-29-23(30)18-9-5-6-10-19(18)24(29)31/h2-10,13-14H,11-12,15H2,1H3. The Morgan fingerprint density at radius 3 is 2.38 bits per heavy atom. The van der Waals surface area contributed by atoms with E-state index in [1.165, 1.54) is 16.7 Å². The normalized spacial score (nSPS) is 12.8. The van der Waals surface area contributed by atoms with Crippen molar-refractivity contribution in [3.05, 3.63) is 89.3 Å². The monoisotopic (exact) mass is 472 g/mol. The van der Waals surface area contributed by atoms with Crippen LogP contribution in [-0.4, -0.2) is 44.6 Å². The van der Waals surface area contributed by atoms with E-state index in [-0.39, 0.29) is 18.4 Å². The zero-order valence-corrected chi connectivity index (χ0v) is 19.1. The summed E-state index contributed by atoms with van der Waals surface area (Å²) in [5, 5.41) is 4.73. The summed E-state index contributed by atoms with van der Waals surface area (Å²) in [6.45, 7) is 0.545. The number of hydrogen-bond donors (Lipinski definition) is 0. The van der Waals surface area contributed by atoms with Crippen LogP contribution >= 0.6 is 11.8 Å². The van der Waals surface area contributed by atoms with Crippen LogP contribution in [0.2, 0.25) is 0 Å². The lowest BCUT2D eigenvalue weighted by atomic mass is 10.1. The predicted octanol–water partition coefficient (Wildman–Crippen LogP) is 4.27. The number of benzene rings is 2. The van der Waals surface area contributed by atoms with Gasteiger partial charge in [0.15, 0.2) is 5.16 Å². The number of thioether (sulfide) groups is 1. The van der Waals surface area contributed by atoms with Crippen LogP contribution < -0.4 is 4.74 Å². The van der Waals surface area contributed by atoms with Gasteiger partial charge in [-0.3, -0.25) is 14.5 Å². The van der Waals surface area contributed by atoms with Crippen LogP contribution in [0.1, 0.15) is 32.0 Å². The van der Waals surface area contributed by atoms with E-state index in [2.05, 4.69) is 15.1 Å². The topological polar surface area (TPSA) is 98.4 Å². The third-order valence-electron chi connectivity index (χ3n) is 5.43. The van der Waals surface area contributed by atoms with E-state index in [0.717, 1.165) is 5.56 Å². The summed E-state index contributed by atoms with van der Waals surface area (Å²) in [6, 6.07) is 18.4. The minimum Gasteiger partial charge on any atom is -0.472 e. The van der Waals surface area contributed by atoms with Crippen LogP contribution in [0.3, 0.4) is 0 Å². The summed E-state index contributed by atoms with van der Waals surface area (Å²) >= 11 is 1.42. The van der Waals surface area contributed by atoms with Crippen molar-refractivity contribution in [1.29, 1.82) is 0 Å². The fourth-order valence-electron chi connectivity index (χ4n) is 3.68. The first-order valence-corrected chi connectivity index (χ1v) is 11.9. The Bertz CT molecular complexity index is 1320. The van der Waals surface area contributed by atoms with Crippen molar-refractivity contribution in [3.8, 4) is 17.1 Å². The Kier molecular flexibility index (Phi) is 6.09. The zero-order valence-electron chi connectivity index (χ0n) is 18.3. The molecule has 0 radical (unpaired) electrons. The molecule has 170 valence electrons. The summed E-state index contributed by atoms with van der Waals surface area (Å²) in [5.74, 6) is 0.355. The number of carbonyl (C=O) groups excluding carboxylic acids is 2. The molecule has 5 rings (SSSR count). The summed E-state index contributed by atoms with van der Waals surface area (Å²) in [7, 11) is 0. The Hall–Kier alpha value is -3.98. The molecular formula is C25H20N4O4S. The third kappa shape index (κ3) is 4.29. The average molecular weight is 473 g/mol. The second kappa shape index (κ2) is 9.48. The minimum absolute atomic E-state index is 0.195. The molecule has 0 bridgehead atoms. The molecule has 0 N–H and O–H groups in total. The molecule has 0 saturated carbocycles. The molecule has 34 heavy (non-hydrogen) atoms. The molecule has 0 spiro atoms. The Morgan fingerprint density at radius 2 is 1.68 bits per heavy atom. The van der Waals surface area contributed by atoms with Crippen molar-refractivity contribution in [2.45, 2.75) is 18.2 Å². The van der Waals surface area contributed by atoms with Gasteiger partial charge in [-0.05, 0) is 24.0 Å². The predicted molar refractivity (Wildman–Crippen MR) is 126 cm³/mol. The van der Waals surface area contributed by atoms with Crippen LogP contribution in [0.5, 0.6) is 5.88 Å². The molecule has 0 unspecified atom stereocenters. The molecule has 2 aromatic heterocycles. The van der Waals surface area contributed by atoms with Gasteiger partial charge in [-0.1, -0.05) is 59.4 Å². The van der Waals surface area contributed by atoms with Crippen molar-refractivity contribution in [1.82, 2.24) is 20.0 Å². The number of amides is 2. The van der Waals surface area contributed by atoms with Gasteiger partial charge in [0, 0.05) is 25.2 Å². The molecule has 2 amide bonds. The van der Waals surface area contributed by atoms with Crippen molar-refractivity contribution in [2.24, 2.45) is 0 Å². The molecule has 1 aliphatic rings. The second-order valence-electron chi connectivity index (χ2n) is 7.59. The van der Waals surface area contributed by atoms with E-state index in [9.17, 15) is 9.59 Å². The Labute approximate surface area is 200 Å². The quantitative estimate of drug-likeness (QED) is 0.213. The lowest BCUT2D eigenvalue weighted by Gasteiger charge is -2.12. The molecule has 9 heteroatoms. The number of fused-ring (bicyclic) bond motifs is 1. The Balaban J connectivity index is 1.31.